The Hall–Kier alpha value is -4.65. The number of nitrogens with zero attached hydrogens (tertiary/aromatic N) is 5. The molecular weight excluding hydrogens is 592 g/mol. The van der Waals surface area contributed by atoms with Gasteiger partial charge in [-0.2, -0.15) is 4.98 Å². The molecule has 1 saturated heterocycles. The normalized spacial score (nSPS) is 17.2. The Morgan fingerprint density at radius 1 is 1.09 bits per heavy atom. The Morgan fingerprint density at radius 3 is 2.45 bits per heavy atom. The van der Waals surface area contributed by atoms with Gasteiger partial charge in [0.05, 0.1) is 21.5 Å². The highest BCUT2D eigenvalue weighted by Crippen LogP contribution is 2.45. The number of carbonyl (C=O) groups is 1. The van der Waals surface area contributed by atoms with Crippen molar-refractivity contribution in [1.29, 1.82) is 0 Å². The number of aromatic hydroxyl groups is 1. The summed E-state index contributed by atoms with van der Waals surface area (Å²) in [5, 5.41) is 10.6. The number of phenolic OH excluding ortho intramolecular Hbond substituents is 1. The van der Waals surface area contributed by atoms with E-state index in [-0.39, 0.29) is 64.9 Å². The van der Waals surface area contributed by atoms with Crippen LogP contribution in [0.3, 0.4) is 0 Å². The van der Waals surface area contributed by atoms with Gasteiger partial charge in [-0.3, -0.25) is 4.79 Å². The van der Waals surface area contributed by atoms with Crippen molar-refractivity contribution in [1.82, 2.24) is 19.4 Å². The molecule has 0 unspecified atom stereocenters. The number of hydrogen-bond acceptors (Lipinski definition) is 8. The molecule has 228 valence electrons. The molecule has 1 N–H and O–H groups in total. The van der Waals surface area contributed by atoms with Crippen molar-refractivity contribution in [2.75, 3.05) is 30.8 Å². The predicted molar refractivity (Wildman–Crippen MR) is 161 cm³/mol. The van der Waals surface area contributed by atoms with Crippen LogP contribution in [0.2, 0.25) is 0 Å². The van der Waals surface area contributed by atoms with Crippen LogP contribution in [0.5, 0.6) is 5.75 Å². The summed E-state index contributed by atoms with van der Waals surface area (Å²) in [4.78, 5) is 38.3. The second-order valence-electron chi connectivity index (χ2n) is 11.1. The molecule has 1 aliphatic carbocycles. The summed E-state index contributed by atoms with van der Waals surface area (Å²) in [6, 6.07) is 8.91. The van der Waals surface area contributed by atoms with E-state index >= 15 is 4.39 Å². The number of carbonyl (C=O) groups excluding carboxylic acids is 1. The summed E-state index contributed by atoms with van der Waals surface area (Å²) in [5.74, 6) is -2.68. The first-order valence-corrected chi connectivity index (χ1v) is 15.9. The van der Waals surface area contributed by atoms with Crippen molar-refractivity contribution in [3.05, 3.63) is 82.8 Å². The molecule has 1 aliphatic heterocycles. The van der Waals surface area contributed by atoms with E-state index in [1.165, 1.54) is 24.3 Å². The highest BCUT2D eigenvalue weighted by molar-refractivity contribution is 7.90. The molecule has 1 atom stereocenters. The number of pyridine rings is 1. The fraction of sp³-hybridized carbons (Fsp3) is 0.290. The molecule has 6 rings (SSSR count). The minimum atomic E-state index is -3.88. The number of rotatable bonds is 6. The number of phenols is 1. The van der Waals surface area contributed by atoms with Gasteiger partial charge in [-0.1, -0.05) is 24.8 Å². The van der Waals surface area contributed by atoms with Crippen LogP contribution in [0.25, 0.3) is 28.0 Å². The Balaban J connectivity index is 1.69. The van der Waals surface area contributed by atoms with E-state index in [9.17, 15) is 27.5 Å². The number of sulfone groups is 1. The molecular formula is C31H29F2N5O5S. The third-order valence-electron chi connectivity index (χ3n) is 8.09. The molecule has 0 radical (unpaired) electrons. The molecule has 2 aromatic heterocycles. The van der Waals surface area contributed by atoms with E-state index in [1.54, 1.807) is 21.9 Å². The van der Waals surface area contributed by atoms with Crippen molar-refractivity contribution in [2.45, 2.75) is 36.6 Å². The quantitative estimate of drug-likeness (QED) is 0.321. The second-order valence-corrected chi connectivity index (χ2v) is 13.1. The molecule has 1 saturated carbocycles. The van der Waals surface area contributed by atoms with Gasteiger partial charge in [-0.15, -0.1) is 0 Å². The number of hydrogen-bond donors (Lipinski definition) is 1. The molecule has 44 heavy (non-hydrogen) atoms. The molecule has 2 aliphatic rings. The zero-order valence-corrected chi connectivity index (χ0v) is 24.8. The van der Waals surface area contributed by atoms with Crippen LogP contribution in [0, 0.1) is 11.6 Å². The van der Waals surface area contributed by atoms with Crippen LogP contribution >= 0.6 is 0 Å². The molecule has 13 heteroatoms. The number of benzene rings is 2. The Morgan fingerprint density at radius 2 is 1.82 bits per heavy atom. The van der Waals surface area contributed by atoms with E-state index in [2.05, 4.69) is 16.5 Å². The minimum Gasteiger partial charge on any atom is -0.507 e. The molecule has 2 aromatic carbocycles. The topological polar surface area (TPSA) is 126 Å². The lowest BCUT2D eigenvalue weighted by Crippen LogP contribution is -2.54. The summed E-state index contributed by atoms with van der Waals surface area (Å²) < 4.78 is 58.0. The largest absolute Gasteiger partial charge is 0.507 e. The van der Waals surface area contributed by atoms with Gasteiger partial charge in [-0.05, 0) is 61.6 Å². The number of para-hydroxylation sites is 1. The van der Waals surface area contributed by atoms with Crippen molar-refractivity contribution < 1.29 is 27.1 Å². The maximum Gasteiger partial charge on any atom is 0.355 e. The number of piperazine rings is 1. The highest BCUT2D eigenvalue weighted by Gasteiger charge is 2.34. The zero-order valence-electron chi connectivity index (χ0n) is 24.0. The lowest BCUT2D eigenvalue weighted by molar-refractivity contribution is -0.126. The van der Waals surface area contributed by atoms with Gasteiger partial charge in [0.2, 0.25) is 5.91 Å². The predicted octanol–water partition coefficient (Wildman–Crippen LogP) is 3.94. The molecule has 0 bridgehead atoms. The third kappa shape index (κ3) is 5.00. The molecule has 1 amide bonds. The molecule has 0 spiro atoms. The van der Waals surface area contributed by atoms with Crippen molar-refractivity contribution in [3.63, 3.8) is 0 Å². The Kier molecular flexibility index (Phi) is 7.23. The van der Waals surface area contributed by atoms with Crippen LogP contribution in [0.1, 0.15) is 31.2 Å². The summed E-state index contributed by atoms with van der Waals surface area (Å²) in [6.07, 6.45) is 3.80. The summed E-state index contributed by atoms with van der Waals surface area (Å²) in [7, 11) is -3.88. The zero-order chi connectivity index (χ0) is 31.5. The van der Waals surface area contributed by atoms with Crippen LogP contribution in [0.4, 0.5) is 14.6 Å². The summed E-state index contributed by atoms with van der Waals surface area (Å²) in [6.45, 7) is 6.16. The van der Waals surface area contributed by atoms with Gasteiger partial charge < -0.3 is 14.9 Å². The SMILES string of the molecule is C=CC(=O)N1CCN(c2nc(=O)n(-c3c(C4CC4)cccc3S(C)(=O)=O)c3nc(-c4c(O)cccc4F)c(F)cc23)[C@@H](C)C1. The van der Waals surface area contributed by atoms with Crippen LogP contribution in [-0.4, -0.2) is 70.8 Å². The monoisotopic (exact) mass is 621 g/mol. The van der Waals surface area contributed by atoms with Gasteiger partial charge in [0.25, 0.3) is 0 Å². The fourth-order valence-corrected chi connectivity index (χ4v) is 6.74. The Bertz CT molecular complexity index is 2010. The highest BCUT2D eigenvalue weighted by atomic mass is 32.2. The first-order chi connectivity index (χ1) is 20.9. The lowest BCUT2D eigenvalue weighted by atomic mass is 10.1. The van der Waals surface area contributed by atoms with Crippen molar-refractivity contribution in [2.24, 2.45) is 0 Å². The molecule has 2 fully saturated rings. The van der Waals surface area contributed by atoms with Crippen LogP contribution < -0.4 is 10.6 Å². The van der Waals surface area contributed by atoms with E-state index in [0.717, 1.165) is 35.8 Å². The maximum absolute atomic E-state index is 15.9. The van der Waals surface area contributed by atoms with Crippen molar-refractivity contribution in [3.8, 4) is 22.7 Å². The van der Waals surface area contributed by atoms with Gasteiger partial charge in [0.1, 0.15) is 23.1 Å². The van der Waals surface area contributed by atoms with Gasteiger partial charge >= 0.3 is 5.69 Å². The van der Waals surface area contributed by atoms with E-state index in [4.69, 9.17) is 0 Å². The van der Waals surface area contributed by atoms with Gasteiger partial charge in [0.15, 0.2) is 21.3 Å². The number of halogens is 2. The van der Waals surface area contributed by atoms with Gasteiger partial charge in [0, 0.05) is 31.9 Å². The first-order valence-electron chi connectivity index (χ1n) is 14.0. The fourth-order valence-electron chi connectivity index (χ4n) is 5.85. The Labute approximate surface area is 251 Å². The minimum absolute atomic E-state index is 0.0145. The van der Waals surface area contributed by atoms with Crippen molar-refractivity contribution >= 4 is 32.6 Å². The third-order valence-corrected chi connectivity index (χ3v) is 9.21. The molecule has 10 nitrogen and oxygen atoms in total. The number of aromatic nitrogens is 3. The van der Waals surface area contributed by atoms with Gasteiger partial charge in [-0.25, -0.2) is 31.5 Å². The van der Waals surface area contributed by atoms with E-state index < -0.39 is 44.2 Å². The maximum atomic E-state index is 15.9. The average molecular weight is 622 g/mol. The lowest BCUT2D eigenvalue weighted by Gasteiger charge is -2.40. The number of amides is 1. The summed E-state index contributed by atoms with van der Waals surface area (Å²) in [5.41, 5.74) is -1.44. The van der Waals surface area contributed by atoms with Crippen LogP contribution in [-0.2, 0) is 14.6 Å². The molecule has 4 aromatic rings. The first kappa shape index (κ1) is 29.4. The van der Waals surface area contributed by atoms with E-state index in [1.807, 2.05) is 6.92 Å². The number of fused-ring (bicyclic) bond motifs is 1. The number of anilines is 1. The standard InChI is InChI=1S/C31H29F2N5O5S/c1-4-25(40)36-13-14-37(17(2)16-36)29-20-15-22(33)27(26-21(32)8-6-9-23(26)39)34-30(20)38(31(41)35-29)28-19(18-11-12-18)7-5-10-24(28)44(3,42)43/h4-10,15,17-18,39H,1,11-14,16H2,2-3H3/t17-/m0/s1. The van der Waals surface area contributed by atoms with Crippen LogP contribution in [0.15, 0.2) is 64.8 Å². The second kappa shape index (κ2) is 10.8. The molecule has 3 heterocycles. The average Bonchev–Trinajstić information content (AvgIpc) is 3.82. The van der Waals surface area contributed by atoms with E-state index in [0.29, 0.717) is 5.56 Å². The summed E-state index contributed by atoms with van der Waals surface area (Å²) >= 11 is 0. The smallest absolute Gasteiger partial charge is 0.355 e.